The molecular formula is C19H11ClFN3O2. The number of nitrogens with zero attached hydrogens (tertiary/aromatic N) is 2. The molecule has 1 N–H and O–H groups in total. The van der Waals surface area contributed by atoms with Crippen LogP contribution in [0.5, 0.6) is 0 Å². The second-order valence-corrected chi connectivity index (χ2v) is 6.00. The van der Waals surface area contributed by atoms with Gasteiger partial charge < -0.3 is 5.32 Å². The molecule has 1 heterocycles. The zero-order valence-corrected chi connectivity index (χ0v) is 14.0. The molecule has 0 fully saturated rings. The van der Waals surface area contributed by atoms with Crippen molar-refractivity contribution < 1.29 is 13.8 Å². The lowest BCUT2D eigenvalue weighted by Crippen LogP contribution is -2.13. The van der Waals surface area contributed by atoms with E-state index in [2.05, 4.69) is 20.3 Å². The summed E-state index contributed by atoms with van der Waals surface area (Å²) in [5.74, 6) is -1.08. The van der Waals surface area contributed by atoms with Crippen LogP contribution in [-0.2, 0) is 0 Å². The molecule has 0 aliphatic heterocycles. The van der Waals surface area contributed by atoms with Gasteiger partial charge in [0.25, 0.3) is 5.91 Å². The number of nitrogens with one attached hydrogen (secondary N) is 1. The van der Waals surface area contributed by atoms with Gasteiger partial charge in [-0.05, 0) is 52.3 Å². The summed E-state index contributed by atoms with van der Waals surface area (Å²) in [4.78, 5) is 12.2. The highest BCUT2D eigenvalue weighted by Crippen LogP contribution is 2.31. The molecular weight excluding hydrogens is 357 g/mol. The number of amides is 1. The Hall–Kier alpha value is -3.25. The van der Waals surface area contributed by atoms with E-state index in [-0.39, 0.29) is 5.56 Å². The van der Waals surface area contributed by atoms with E-state index >= 15 is 0 Å². The zero-order chi connectivity index (χ0) is 18.1. The standard InChI is InChI=1S/C19H11ClFN3O2/c20-15-10-18-17(23-26-24-18)9-14(15)11-5-7-12(8-6-11)22-19(25)13-3-1-2-4-16(13)21/h1-10H,(H,22,25). The maximum Gasteiger partial charge on any atom is 0.258 e. The number of rotatable bonds is 3. The van der Waals surface area contributed by atoms with Gasteiger partial charge in [-0.25, -0.2) is 9.02 Å². The molecule has 0 radical (unpaired) electrons. The Kier molecular flexibility index (Phi) is 4.10. The van der Waals surface area contributed by atoms with Crippen molar-refractivity contribution in [2.75, 3.05) is 5.32 Å². The molecule has 4 aromatic rings. The van der Waals surface area contributed by atoms with E-state index < -0.39 is 11.7 Å². The Morgan fingerprint density at radius 2 is 1.69 bits per heavy atom. The molecule has 0 atom stereocenters. The van der Waals surface area contributed by atoms with Crippen LogP contribution in [0.1, 0.15) is 10.4 Å². The fraction of sp³-hybridized carbons (Fsp3) is 0. The third-order valence-corrected chi connectivity index (χ3v) is 4.23. The highest BCUT2D eigenvalue weighted by Gasteiger charge is 2.12. The number of carbonyl (C=O) groups excluding carboxylic acids is 1. The first-order valence-corrected chi connectivity index (χ1v) is 8.08. The number of carbonyl (C=O) groups is 1. The summed E-state index contributed by atoms with van der Waals surface area (Å²) in [6, 6.07) is 16.3. The summed E-state index contributed by atoms with van der Waals surface area (Å²) < 4.78 is 18.4. The lowest BCUT2D eigenvalue weighted by Gasteiger charge is -2.08. The maximum absolute atomic E-state index is 13.7. The second-order valence-electron chi connectivity index (χ2n) is 5.60. The Bertz CT molecular complexity index is 1110. The molecule has 1 amide bonds. The summed E-state index contributed by atoms with van der Waals surface area (Å²) in [6.45, 7) is 0. The van der Waals surface area contributed by atoms with Gasteiger partial charge in [-0.1, -0.05) is 35.9 Å². The van der Waals surface area contributed by atoms with Gasteiger partial charge in [0.15, 0.2) is 0 Å². The van der Waals surface area contributed by atoms with E-state index in [0.717, 1.165) is 11.1 Å². The Morgan fingerprint density at radius 1 is 1.00 bits per heavy atom. The van der Waals surface area contributed by atoms with Crippen LogP contribution in [0, 0.1) is 5.82 Å². The Labute approximate surface area is 152 Å². The van der Waals surface area contributed by atoms with Crippen molar-refractivity contribution in [2.45, 2.75) is 0 Å². The number of halogens is 2. The van der Waals surface area contributed by atoms with Gasteiger partial charge in [-0.15, -0.1) is 0 Å². The van der Waals surface area contributed by atoms with Crippen LogP contribution < -0.4 is 5.32 Å². The topological polar surface area (TPSA) is 68.0 Å². The highest BCUT2D eigenvalue weighted by atomic mass is 35.5. The number of aromatic nitrogens is 2. The van der Waals surface area contributed by atoms with E-state index in [1.165, 1.54) is 18.2 Å². The number of fused-ring (bicyclic) bond motifs is 1. The van der Waals surface area contributed by atoms with Crippen LogP contribution in [0.3, 0.4) is 0 Å². The van der Waals surface area contributed by atoms with Crippen molar-refractivity contribution in [2.24, 2.45) is 0 Å². The lowest BCUT2D eigenvalue weighted by molar-refractivity contribution is 0.102. The predicted octanol–water partition coefficient (Wildman–Crippen LogP) is 4.93. The molecule has 0 spiro atoms. The SMILES string of the molecule is O=C(Nc1ccc(-c2cc3nonc3cc2Cl)cc1)c1ccccc1F. The molecule has 1 aromatic heterocycles. The van der Waals surface area contributed by atoms with E-state index in [4.69, 9.17) is 11.6 Å². The van der Waals surface area contributed by atoms with Crippen LogP contribution in [0.2, 0.25) is 5.02 Å². The number of hydrogen-bond donors (Lipinski definition) is 1. The largest absolute Gasteiger partial charge is 0.322 e. The predicted molar refractivity (Wildman–Crippen MR) is 96.6 cm³/mol. The number of hydrogen-bond acceptors (Lipinski definition) is 4. The van der Waals surface area contributed by atoms with E-state index in [0.29, 0.717) is 21.7 Å². The minimum atomic E-state index is -0.567. The lowest BCUT2D eigenvalue weighted by atomic mass is 10.0. The molecule has 26 heavy (non-hydrogen) atoms. The van der Waals surface area contributed by atoms with E-state index in [1.807, 2.05) is 0 Å². The van der Waals surface area contributed by atoms with Gasteiger partial charge in [0.2, 0.25) is 0 Å². The van der Waals surface area contributed by atoms with Crippen LogP contribution >= 0.6 is 11.6 Å². The first-order chi connectivity index (χ1) is 12.6. The minimum Gasteiger partial charge on any atom is -0.322 e. The van der Waals surface area contributed by atoms with Crippen molar-refractivity contribution in [1.82, 2.24) is 10.3 Å². The van der Waals surface area contributed by atoms with Crippen molar-refractivity contribution >= 4 is 34.2 Å². The average molecular weight is 368 g/mol. The Morgan fingerprint density at radius 3 is 2.42 bits per heavy atom. The first kappa shape index (κ1) is 16.2. The van der Waals surface area contributed by atoms with Crippen molar-refractivity contribution in [1.29, 1.82) is 0 Å². The summed E-state index contributed by atoms with van der Waals surface area (Å²) in [5.41, 5.74) is 3.31. The van der Waals surface area contributed by atoms with Crippen LogP contribution in [-0.4, -0.2) is 16.2 Å². The molecule has 128 valence electrons. The summed E-state index contributed by atoms with van der Waals surface area (Å²) in [6.07, 6.45) is 0. The molecule has 7 heteroatoms. The van der Waals surface area contributed by atoms with Gasteiger partial charge in [0, 0.05) is 11.3 Å². The van der Waals surface area contributed by atoms with Crippen molar-refractivity contribution in [3.05, 3.63) is 77.1 Å². The summed E-state index contributed by atoms with van der Waals surface area (Å²) >= 11 is 6.30. The van der Waals surface area contributed by atoms with Gasteiger partial charge >= 0.3 is 0 Å². The second kappa shape index (κ2) is 6.57. The molecule has 4 rings (SSSR count). The average Bonchev–Trinajstić information content (AvgIpc) is 3.09. The van der Waals surface area contributed by atoms with Crippen LogP contribution in [0.4, 0.5) is 10.1 Å². The first-order valence-electron chi connectivity index (χ1n) is 7.70. The number of benzene rings is 3. The summed E-state index contributed by atoms with van der Waals surface area (Å²) in [7, 11) is 0. The van der Waals surface area contributed by atoms with Gasteiger partial charge in [0.1, 0.15) is 16.9 Å². The van der Waals surface area contributed by atoms with Gasteiger partial charge in [0.05, 0.1) is 10.6 Å². The monoisotopic (exact) mass is 367 g/mol. The molecule has 0 unspecified atom stereocenters. The van der Waals surface area contributed by atoms with Crippen LogP contribution in [0.15, 0.2) is 65.3 Å². The molecule has 0 bridgehead atoms. The highest BCUT2D eigenvalue weighted by molar-refractivity contribution is 6.34. The number of anilines is 1. The molecule has 0 saturated carbocycles. The molecule has 3 aromatic carbocycles. The molecule has 0 aliphatic carbocycles. The van der Waals surface area contributed by atoms with Gasteiger partial charge in [-0.2, -0.15) is 0 Å². The maximum atomic E-state index is 13.7. The Balaban J connectivity index is 1.59. The van der Waals surface area contributed by atoms with E-state index in [9.17, 15) is 9.18 Å². The van der Waals surface area contributed by atoms with Crippen molar-refractivity contribution in [3.8, 4) is 11.1 Å². The minimum absolute atomic E-state index is 0.0106. The molecule has 0 aliphatic rings. The molecule has 5 nitrogen and oxygen atoms in total. The van der Waals surface area contributed by atoms with Crippen LogP contribution in [0.25, 0.3) is 22.2 Å². The van der Waals surface area contributed by atoms with E-state index in [1.54, 1.807) is 42.5 Å². The summed E-state index contributed by atoms with van der Waals surface area (Å²) in [5, 5.41) is 10.7. The van der Waals surface area contributed by atoms with Crippen molar-refractivity contribution in [3.63, 3.8) is 0 Å². The molecule has 0 saturated heterocycles. The van der Waals surface area contributed by atoms with Gasteiger partial charge in [-0.3, -0.25) is 4.79 Å². The third-order valence-electron chi connectivity index (χ3n) is 3.91. The fourth-order valence-electron chi connectivity index (χ4n) is 2.60. The quantitative estimate of drug-likeness (QED) is 0.557. The normalized spacial score (nSPS) is 10.8. The third kappa shape index (κ3) is 3.02. The zero-order valence-electron chi connectivity index (χ0n) is 13.2. The smallest absolute Gasteiger partial charge is 0.258 e. The fourth-order valence-corrected chi connectivity index (χ4v) is 2.87.